The fourth-order valence-corrected chi connectivity index (χ4v) is 1.94. The minimum absolute atomic E-state index is 0.0285. The summed E-state index contributed by atoms with van der Waals surface area (Å²) in [5.74, 6) is -1.12. The third kappa shape index (κ3) is 3.71. The summed E-state index contributed by atoms with van der Waals surface area (Å²) in [6.45, 7) is 3.18. The molecule has 1 heterocycles. The Kier molecular flexibility index (Phi) is 4.44. The van der Waals surface area contributed by atoms with E-state index in [1.54, 1.807) is 6.07 Å². The predicted molar refractivity (Wildman–Crippen MR) is 75.8 cm³/mol. The van der Waals surface area contributed by atoms with Gasteiger partial charge in [-0.1, -0.05) is 0 Å². The summed E-state index contributed by atoms with van der Waals surface area (Å²) >= 11 is 0. The highest BCUT2D eigenvalue weighted by molar-refractivity contribution is 6.01. The molecular formula is C14H18N2O5. The van der Waals surface area contributed by atoms with Crippen LogP contribution in [0.25, 0.3) is 0 Å². The number of carbonyl (C=O) groups is 2. The lowest BCUT2D eigenvalue weighted by molar-refractivity contribution is -0.130. The van der Waals surface area contributed by atoms with Crippen molar-refractivity contribution >= 4 is 17.6 Å². The fraction of sp³-hybridized carbons (Fsp3) is 0.429. The molecule has 1 aromatic carbocycles. The van der Waals surface area contributed by atoms with Gasteiger partial charge in [-0.3, -0.25) is 4.79 Å². The van der Waals surface area contributed by atoms with Crippen LogP contribution in [0.3, 0.4) is 0 Å². The molecular weight excluding hydrogens is 276 g/mol. The SMILES string of the molecule is COc1ccc(NC(=O)COC2(C)CNC2)c(C(=O)O)c1. The molecule has 3 N–H and O–H groups in total. The maximum atomic E-state index is 11.8. The first-order chi connectivity index (χ1) is 9.93. The number of hydrogen-bond acceptors (Lipinski definition) is 5. The molecule has 21 heavy (non-hydrogen) atoms. The first-order valence-corrected chi connectivity index (χ1v) is 6.49. The molecule has 1 saturated heterocycles. The quantitative estimate of drug-likeness (QED) is 0.715. The number of carboxylic acid groups (broad SMARTS) is 1. The lowest BCUT2D eigenvalue weighted by Gasteiger charge is -2.38. The van der Waals surface area contributed by atoms with Crippen LogP contribution in [0.1, 0.15) is 17.3 Å². The average molecular weight is 294 g/mol. The largest absolute Gasteiger partial charge is 0.497 e. The van der Waals surface area contributed by atoms with E-state index in [-0.39, 0.29) is 23.5 Å². The topological polar surface area (TPSA) is 96.9 Å². The molecule has 7 nitrogen and oxygen atoms in total. The van der Waals surface area contributed by atoms with Gasteiger partial charge in [0.05, 0.1) is 24.0 Å². The summed E-state index contributed by atoms with van der Waals surface area (Å²) < 4.78 is 10.5. The van der Waals surface area contributed by atoms with Crippen LogP contribution in [0.5, 0.6) is 5.75 Å². The van der Waals surface area contributed by atoms with Crippen molar-refractivity contribution in [2.24, 2.45) is 0 Å². The second-order valence-corrected chi connectivity index (χ2v) is 5.11. The van der Waals surface area contributed by atoms with Crippen molar-refractivity contribution in [3.05, 3.63) is 23.8 Å². The molecule has 1 aromatic rings. The summed E-state index contributed by atoms with van der Waals surface area (Å²) in [6.07, 6.45) is 0. The van der Waals surface area contributed by atoms with Crippen molar-refractivity contribution in [1.82, 2.24) is 5.32 Å². The van der Waals surface area contributed by atoms with Gasteiger partial charge in [-0.25, -0.2) is 4.79 Å². The van der Waals surface area contributed by atoms with E-state index in [1.807, 2.05) is 6.92 Å². The lowest BCUT2D eigenvalue weighted by atomic mass is 10.0. The van der Waals surface area contributed by atoms with Crippen molar-refractivity contribution in [3.8, 4) is 5.75 Å². The minimum Gasteiger partial charge on any atom is -0.497 e. The molecule has 0 aromatic heterocycles. The summed E-state index contributed by atoms with van der Waals surface area (Å²) in [4.78, 5) is 23.0. The van der Waals surface area contributed by atoms with Gasteiger partial charge in [-0.15, -0.1) is 0 Å². The van der Waals surface area contributed by atoms with Gasteiger partial charge in [0, 0.05) is 13.1 Å². The highest BCUT2D eigenvalue weighted by atomic mass is 16.5. The van der Waals surface area contributed by atoms with Crippen molar-refractivity contribution in [1.29, 1.82) is 0 Å². The minimum atomic E-state index is -1.14. The molecule has 0 spiro atoms. The normalized spacial score (nSPS) is 15.9. The van der Waals surface area contributed by atoms with E-state index < -0.39 is 11.9 Å². The summed E-state index contributed by atoms with van der Waals surface area (Å²) in [7, 11) is 1.44. The Labute approximate surface area is 122 Å². The van der Waals surface area contributed by atoms with Crippen LogP contribution in [0.4, 0.5) is 5.69 Å². The van der Waals surface area contributed by atoms with Crippen LogP contribution in [-0.2, 0) is 9.53 Å². The summed E-state index contributed by atoms with van der Waals surface area (Å²) in [6, 6.07) is 4.43. The second kappa shape index (κ2) is 6.11. The highest BCUT2D eigenvalue weighted by Crippen LogP contribution is 2.22. The molecule has 0 bridgehead atoms. The fourth-order valence-electron chi connectivity index (χ4n) is 1.94. The number of hydrogen-bond donors (Lipinski definition) is 3. The Morgan fingerprint density at radius 3 is 2.67 bits per heavy atom. The zero-order valence-corrected chi connectivity index (χ0v) is 11.9. The molecule has 7 heteroatoms. The monoisotopic (exact) mass is 294 g/mol. The van der Waals surface area contributed by atoms with Gasteiger partial charge in [0.15, 0.2) is 0 Å². The third-order valence-electron chi connectivity index (χ3n) is 3.28. The van der Waals surface area contributed by atoms with E-state index in [2.05, 4.69) is 10.6 Å². The zero-order valence-electron chi connectivity index (χ0n) is 11.9. The van der Waals surface area contributed by atoms with Crippen LogP contribution in [0.15, 0.2) is 18.2 Å². The lowest BCUT2D eigenvalue weighted by Crippen LogP contribution is -2.59. The molecule has 114 valence electrons. The Hall–Kier alpha value is -2.12. The number of anilines is 1. The van der Waals surface area contributed by atoms with Crippen LogP contribution < -0.4 is 15.4 Å². The number of benzene rings is 1. The maximum Gasteiger partial charge on any atom is 0.337 e. The third-order valence-corrected chi connectivity index (χ3v) is 3.28. The first kappa shape index (κ1) is 15.3. The molecule has 0 saturated carbocycles. The van der Waals surface area contributed by atoms with Crippen molar-refractivity contribution < 1.29 is 24.2 Å². The van der Waals surface area contributed by atoms with E-state index in [0.29, 0.717) is 18.8 Å². The van der Waals surface area contributed by atoms with Crippen LogP contribution >= 0.6 is 0 Å². The predicted octanol–water partition coefficient (Wildman–Crippen LogP) is 0.710. The van der Waals surface area contributed by atoms with Crippen molar-refractivity contribution in [3.63, 3.8) is 0 Å². The molecule has 2 rings (SSSR count). The number of amides is 1. The van der Waals surface area contributed by atoms with Crippen LogP contribution in [-0.4, -0.2) is 49.4 Å². The highest BCUT2D eigenvalue weighted by Gasteiger charge is 2.33. The number of carboxylic acids is 1. The van der Waals surface area contributed by atoms with E-state index in [0.717, 1.165) is 0 Å². The number of carbonyl (C=O) groups excluding carboxylic acids is 1. The number of methoxy groups -OCH3 is 1. The van der Waals surface area contributed by atoms with Gasteiger partial charge in [-0.05, 0) is 25.1 Å². The molecule has 1 aliphatic heterocycles. The van der Waals surface area contributed by atoms with Gasteiger partial charge < -0.3 is 25.2 Å². The maximum absolute atomic E-state index is 11.8. The number of aromatic carboxylic acids is 1. The number of nitrogens with one attached hydrogen (secondary N) is 2. The van der Waals surface area contributed by atoms with E-state index in [4.69, 9.17) is 14.6 Å². The number of rotatable bonds is 6. The van der Waals surface area contributed by atoms with E-state index in [9.17, 15) is 9.59 Å². The Balaban J connectivity index is 2.01. The average Bonchev–Trinajstić information content (AvgIpc) is 2.43. The van der Waals surface area contributed by atoms with Gasteiger partial charge in [-0.2, -0.15) is 0 Å². The standard InChI is InChI=1S/C14H18N2O5/c1-14(7-15-8-14)21-6-12(17)16-11-4-3-9(20-2)5-10(11)13(18)19/h3-5,15H,6-8H2,1-2H3,(H,16,17)(H,18,19). The van der Waals surface area contributed by atoms with Gasteiger partial charge >= 0.3 is 5.97 Å². The van der Waals surface area contributed by atoms with Crippen molar-refractivity contribution in [2.75, 3.05) is 32.1 Å². The molecule has 0 radical (unpaired) electrons. The van der Waals surface area contributed by atoms with E-state index in [1.165, 1.54) is 19.2 Å². The van der Waals surface area contributed by atoms with Crippen molar-refractivity contribution in [2.45, 2.75) is 12.5 Å². The second-order valence-electron chi connectivity index (χ2n) is 5.11. The smallest absolute Gasteiger partial charge is 0.337 e. The number of ether oxygens (including phenoxy) is 2. The van der Waals surface area contributed by atoms with Gasteiger partial charge in [0.1, 0.15) is 12.4 Å². The zero-order chi connectivity index (χ0) is 15.5. The Morgan fingerprint density at radius 2 is 2.14 bits per heavy atom. The molecule has 1 fully saturated rings. The molecule has 0 aliphatic carbocycles. The van der Waals surface area contributed by atoms with Gasteiger partial charge in [0.25, 0.3) is 0 Å². The summed E-state index contributed by atoms with van der Waals surface area (Å²) in [5.41, 5.74) is -0.139. The van der Waals surface area contributed by atoms with Gasteiger partial charge in [0.2, 0.25) is 5.91 Å². The summed E-state index contributed by atoms with van der Waals surface area (Å²) in [5, 5.41) is 14.8. The molecule has 1 aliphatic rings. The Morgan fingerprint density at radius 1 is 1.43 bits per heavy atom. The van der Waals surface area contributed by atoms with Crippen LogP contribution in [0.2, 0.25) is 0 Å². The molecule has 0 atom stereocenters. The van der Waals surface area contributed by atoms with Crippen LogP contribution in [0, 0.1) is 0 Å². The van der Waals surface area contributed by atoms with E-state index >= 15 is 0 Å². The molecule has 0 unspecified atom stereocenters. The first-order valence-electron chi connectivity index (χ1n) is 6.49. The Bertz CT molecular complexity index is 554. The molecule has 1 amide bonds.